The van der Waals surface area contributed by atoms with Crippen LogP contribution in [0.2, 0.25) is 0 Å². The van der Waals surface area contributed by atoms with Crippen molar-refractivity contribution in [2.75, 3.05) is 18.5 Å². The van der Waals surface area contributed by atoms with Gasteiger partial charge in [-0.1, -0.05) is 12.1 Å². The number of fused-ring (bicyclic) bond motifs is 1. The Balaban J connectivity index is 0.00000272. The van der Waals surface area contributed by atoms with E-state index in [2.05, 4.69) is 5.10 Å². The number of nitrogens with zero attached hydrogens (tertiary/aromatic N) is 4. The highest BCUT2D eigenvalue weighted by molar-refractivity contribution is 7.12. The summed E-state index contributed by atoms with van der Waals surface area (Å²) in [6.45, 7) is 0.301. The highest BCUT2D eigenvalue weighted by Crippen LogP contribution is 2.39. The Bertz CT molecular complexity index is 1170. The normalized spacial score (nSPS) is 16.0. The Labute approximate surface area is 187 Å². The van der Waals surface area contributed by atoms with Gasteiger partial charge in [0.15, 0.2) is 0 Å². The molecule has 1 aliphatic rings. The lowest BCUT2D eigenvalue weighted by atomic mass is 10.1. The van der Waals surface area contributed by atoms with Gasteiger partial charge in [-0.15, -0.1) is 23.7 Å². The number of benzene rings is 1. The molecule has 3 aromatic rings. The first-order chi connectivity index (χ1) is 14.5. The van der Waals surface area contributed by atoms with Crippen molar-refractivity contribution in [1.82, 2.24) is 14.3 Å². The molecule has 1 atom stereocenters. The third kappa shape index (κ3) is 4.41. The minimum atomic E-state index is -0.732. The van der Waals surface area contributed by atoms with Crippen LogP contribution < -0.4 is 21.1 Å². The van der Waals surface area contributed by atoms with Crippen LogP contribution in [0.25, 0.3) is 0 Å². The predicted octanol–water partition coefficient (Wildman–Crippen LogP) is 2.48. The smallest absolute Gasteiger partial charge is 0.346 e. The zero-order chi connectivity index (χ0) is 21.3. The summed E-state index contributed by atoms with van der Waals surface area (Å²) in [5.74, 6) is 0.494. The summed E-state index contributed by atoms with van der Waals surface area (Å²) in [5.41, 5.74) is 6.08. The first kappa shape index (κ1) is 22.7. The summed E-state index contributed by atoms with van der Waals surface area (Å²) in [6.07, 6.45) is 1.07. The molecule has 1 unspecified atom stereocenters. The van der Waals surface area contributed by atoms with E-state index >= 15 is 0 Å². The Hall–Kier alpha value is -2.95. The average Bonchev–Trinajstić information content (AvgIpc) is 3.36. The number of nitrogens with two attached hydrogens (primary N) is 1. The van der Waals surface area contributed by atoms with Crippen LogP contribution in [0.3, 0.4) is 0 Å². The number of carbonyl (C=O) groups excluding carboxylic acids is 1. The second kappa shape index (κ2) is 9.46. The molecule has 164 valence electrons. The number of amides is 1. The van der Waals surface area contributed by atoms with Crippen molar-refractivity contribution in [1.29, 1.82) is 0 Å². The number of carbonyl (C=O) groups is 1. The molecule has 0 spiro atoms. The zero-order valence-electron chi connectivity index (χ0n) is 16.6. The van der Waals surface area contributed by atoms with E-state index in [1.165, 1.54) is 22.2 Å². The fraction of sp³-hybridized carbons (Fsp3) is 0.250. The molecular formula is C20H21ClFN5O3S. The Morgan fingerprint density at radius 3 is 2.81 bits per heavy atom. The second-order valence-electron chi connectivity index (χ2n) is 6.84. The molecule has 4 rings (SSSR count). The first-order valence-electron chi connectivity index (χ1n) is 9.24. The van der Waals surface area contributed by atoms with E-state index in [1.807, 2.05) is 36.4 Å². The summed E-state index contributed by atoms with van der Waals surface area (Å²) in [5, 5.41) is 4.01. The number of thiophene rings is 1. The summed E-state index contributed by atoms with van der Waals surface area (Å²) in [4.78, 5) is 28.4. The van der Waals surface area contributed by atoms with Crippen molar-refractivity contribution in [2.45, 2.75) is 19.2 Å². The fourth-order valence-corrected chi connectivity index (χ4v) is 4.23. The van der Waals surface area contributed by atoms with Crippen LogP contribution in [-0.4, -0.2) is 33.8 Å². The Kier molecular flexibility index (Phi) is 6.94. The topological polar surface area (TPSA) is 95.4 Å². The molecule has 11 heteroatoms. The molecule has 2 aromatic heterocycles. The Morgan fingerprint density at radius 1 is 1.29 bits per heavy atom. The number of para-hydroxylation sites is 2. The summed E-state index contributed by atoms with van der Waals surface area (Å²) in [6, 6.07) is 11.1. The monoisotopic (exact) mass is 465 g/mol. The minimum Gasteiger partial charge on any atom is -0.473 e. The summed E-state index contributed by atoms with van der Waals surface area (Å²) in [7, 11) is 1.72. The van der Waals surface area contributed by atoms with Crippen LogP contribution >= 0.6 is 23.7 Å². The molecule has 31 heavy (non-hydrogen) atoms. The van der Waals surface area contributed by atoms with Gasteiger partial charge < -0.3 is 15.4 Å². The largest absolute Gasteiger partial charge is 0.473 e. The van der Waals surface area contributed by atoms with Gasteiger partial charge in [0.25, 0.3) is 5.91 Å². The van der Waals surface area contributed by atoms with Crippen molar-refractivity contribution in [3.05, 3.63) is 74.9 Å². The lowest BCUT2D eigenvalue weighted by Gasteiger charge is -2.31. The van der Waals surface area contributed by atoms with Gasteiger partial charge in [0.1, 0.15) is 12.1 Å². The molecule has 1 aromatic carbocycles. The van der Waals surface area contributed by atoms with Gasteiger partial charge >= 0.3 is 5.69 Å². The molecule has 0 bridgehead atoms. The maximum atomic E-state index is 12.8. The third-order valence-corrected chi connectivity index (χ3v) is 5.97. The Morgan fingerprint density at radius 2 is 2.06 bits per heavy atom. The van der Waals surface area contributed by atoms with Gasteiger partial charge in [-0.25, -0.2) is 13.9 Å². The number of hydrogen-bond donors (Lipinski definition) is 1. The predicted molar refractivity (Wildman–Crippen MR) is 119 cm³/mol. The first-order valence-corrected chi connectivity index (χ1v) is 10.1. The number of ether oxygens (including phenoxy) is 1. The van der Waals surface area contributed by atoms with Crippen LogP contribution in [0.15, 0.2) is 59.4 Å². The second-order valence-corrected chi connectivity index (χ2v) is 8.04. The molecule has 0 saturated carbocycles. The maximum absolute atomic E-state index is 12.8. The van der Waals surface area contributed by atoms with E-state index in [0.717, 1.165) is 20.1 Å². The van der Waals surface area contributed by atoms with Crippen molar-refractivity contribution < 1.29 is 13.9 Å². The highest BCUT2D eigenvalue weighted by Gasteiger charge is 2.34. The molecule has 2 N–H and O–H groups in total. The SMILES string of the molecule is CN1C(=O)C(c2ccc(Cn3cnn(C/C(=C/F)CN)c3=O)s2)Oc2ccccc21.Cl. The lowest BCUT2D eigenvalue weighted by molar-refractivity contribution is -0.126. The molecular weight excluding hydrogens is 445 g/mol. The number of rotatable bonds is 6. The molecule has 1 amide bonds. The number of halogens is 2. The van der Waals surface area contributed by atoms with Gasteiger partial charge in [0, 0.05) is 18.5 Å². The fourth-order valence-electron chi connectivity index (χ4n) is 3.20. The van der Waals surface area contributed by atoms with E-state index < -0.39 is 6.10 Å². The number of hydrogen-bond acceptors (Lipinski definition) is 6. The lowest BCUT2D eigenvalue weighted by Crippen LogP contribution is -2.37. The van der Waals surface area contributed by atoms with Crippen LogP contribution in [0.4, 0.5) is 10.1 Å². The van der Waals surface area contributed by atoms with Crippen molar-refractivity contribution in [3.8, 4) is 5.75 Å². The molecule has 8 nitrogen and oxygen atoms in total. The standard InChI is InChI=1S/C20H20FN5O3S.ClH/c1-24-15-4-2-3-5-16(15)29-18(19(24)27)17-7-6-14(30-17)11-25-12-23-26(20(25)28)10-13(8-21)9-22;/h2-8,12,18H,9-11,22H2,1H3;1H/b13-8+;. The maximum Gasteiger partial charge on any atom is 0.346 e. The quantitative estimate of drug-likeness (QED) is 0.603. The number of aromatic nitrogens is 3. The number of likely N-dealkylation sites (N-methyl/N-ethyl adjacent to an activating group) is 1. The van der Waals surface area contributed by atoms with E-state index in [9.17, 15) is 14.0 Å². The van der Waals surface area contributed by atoms with E-state index in [4.69, 9.17) is 10.5 Å². The minimum absolute atomic E-state index is 0. The average molecular weight is 466 g/mol. The van der Waals surface area contributed by atoms with Crippen LogP contribution in [0, 0.1) is 0 Å². The van der Waals surface area contributed by atoms with E-state index in [1.54, 1.807) is 11.9 Å². The van der Waals surface area contributed by atoms with Crippen LogP contribution in [0.5, 0.6) is 5.75 Å². The van der Waals surface area contributed by atoms with Crippen molar-refractivity contribution in [2.24, 2.45) is 5.73 Å². The molecule has 1 aliphatic heterocycles. The molecule has 0 saturated heterocycles. The van der Waals surface area contributed by atoms with Crippen molar-refractivity contribution >= 4 is 35.3 Å². The van der Waals surface area contributed by atoms with Gasteiger partial charge in [-0.3, -0.25) is 9.36 Å². The van der Waals surface area contributed by atoms with Gasteiger partial charge in [0.2, 0.25) is 6.10 Å². The van der Waals surface area contributed by atoms with Crippen LogP contribution in [-0.2, 0) is 17.9 Å². The van der Waals surface area contributed by atoms with Crippen LogP contribution in [0.1, 0.15) is 15.9 Å². The van der Waals surface area contributed by atoms with E-state index in [0.29, 0.717) is 12.1 Å². The van der Waals surface area contributed by atoms with Crippen molar-refractivity contribution in [3.63, 3.8) is 0 Å². The van der Waals surface area contributed by atoms with Gasteiger partial charge in [-0.05, 0) is 29.8 Å². The summed E-state index contributed by atoms with van der Waals surface area (Å²) < 4.78 is 21.3. The zero-order valence-corrected chi connectivity index (χ0v) is 18.2. The summed E-state index contributed by atoms with van der Waals surface area (Å²) >= 11 is 1.39. The van der Waals surface area contributed by atoms with Gasteiger partial charge in [-0.2, -0.15) is 5.10 Å². The number of anilines is 1. The van der Waals surface area contributed by atoms with E-state index in [-0.39, 0.29) is 49.2 Å². The molecule has 0 radical (unpaired) electrons. The molecule has 0 aliphatic carbocycles. The van der Waals surface area contributed by atoms with Gasteiger partial charge in [0.05, 0.1) is 30.0 Å². The molecule has 0 fully saturated rings. The highest BCUT2D eigenvalue weighted by atomic mass is 35.5. The third-order valence-electron chi connectivity index (χ3n) is 4.86. The molecule has 3 heterocycles.